The fourth-order valence-electron chi connectivity index (χ4n) is 8.96. The van der Waals surface area contributed by atoms with Gasteiger partial charge in [-0.3, -0.25) is 0 Å². The van der Waals surface area contributed by atoms with Crippen molar-refractivity contribution in [2.24, 2.45) is 46.3 Å². The summed E-state index contributed by atoms with van der Waals surface area (Å²) in [6.45, 7) is 11.3. The summed E-state index contributed by atoms with van der Waals surface area (Å²) in [7, 11) is 0. The maximum atomic E-state index is 11.3. The van der Waals surface area contributed by atoms with Crippen LogP contribution < -0.4 is 0 Å². The molecule has 29 heavy (non-hydrogen) atoms. The van der Waals surface area contributed by atoms with Crippen LogP contribution in [0.4, 0.5) is 0 Å². The highest BCUT2D eigenvalue weighted by molar-refractivity contribution is 5.11. The van der Waals surface area contributed by atoms with Gasteiger partial charge in [0, 0.05) is 0 Å². The molecule has 4 rings (SSSR count). The van der Waals surface area contributed by atoms with Crippen molar-refractivity contribution in [3.05, 3.63) is 0 Å². The lowest BCUT2D eigenvalue weighted by Gasteiger charge is -2.62. The quantitative estimate of drug-likeness (QED) is 0.604. The van der Waals surface area contributed by atoms with E-state index in [1.807, 2.05) is 13.8 Å². The number of hydrogen-bond acceptors (Lipinski definition) is 3. The van der Waals surface area contributed by atoms with Gasteiger partial charge in [-0.1, -0.05) is 20.8 Å². The second-order valence-electron chi connectivity index (χ2n) is 12.8. The van der Waals surface area contributed by atoms with Crippen LogP contribution in [0.5, 0.6) is 0 Å². The van der Waals surface area contributed by atoms with Crippen LogP contribution >= 0.6 is 0 Å². The molecule has 3 heteroatoms. The molecule has 4 saturated carbocycles. The Morgan fingerprint density at radius 3 is 2.28 bits per heavy atom. The van der Waals surface area contributed by atoms with Crippen molar-refractivity contribution in [2.75, 3.05) is 0 Å². The van der Waals surface area contributed by atoms with Crippen LogP contribution in [0.25, 0.3) is 0 Å². The van der Waals surface area contributed by atoms with Crippen molar-refractivity contribution in [1.29, 1.82) is 0 Å². The zero-order chi connectivity index (χ0) is 21.2. The molecule has 0 aromatic heterocycles. The first-order valence-electron chi connectivity index (χ1n) is 12.5. The van der Waals surface area contributed by atoms with E-state index in [4.69, 9.17) is 0 Å². The molecule has 3 nitrogen and oxygen atoms in total. The van der Waals surface area contributed by atoms with Crippen LogP contribution in [0.15, 0.2) is 0 Å². The van der Waals surface area contributed by atoms with E-state index in [0.29, 0.717) is 40.4 Å². The van der Waals surface area contributed by atoms with E-state index < -0.39 is 5.60 Å². The van der Waals surface area contributed by atoms with Gasteiger partial charge in [0.1, 0.15) is 0 Å². The third-order valence-corrected chi connectivity index (χ3v) is 10.6. The fourth-order valence-corrected chi connectivity index (χ4v) is 8.96. The van der Waals surface area contributed by atoms with Gasteiger partial charge in [0.25, 0.3) is 0 Å². The first-order valence-corrected chi connectivity index (χ1v) is 12.5. The molecule has 4 aliphatic rings. The van der Waals surface area contributed by atoms with Gasteiger partial charge in [0.05, 0.1) is 17.8 Å². The minimum atomic E-state index is -0.570. The van der Waals surface area contributed by atoms with E-state index in [2.05, 4.69) is 20.8 Å². The van der Waals surface area contributed by atoms with Crippen molar-refractivity contribution < 1.29 is 15.3 Å². The van der Waals surface area contributed by atoms with Crippen LogP contribution in [-0.2, 0) is 0 Å². The number of aliphatic hydroxyl groups is 3. The van der Waals surface area contributed by atoms with Crippen molar-refractivity contribution >= 4 is 0 Å². The normalized spacial score (nSPS) is 51.1. The molecule has 0 saturated heterocycles. The van der Waals surface area contributed by atoms with Crippen LogP contribution in [0.3, 0.4) is 0 Å². The topological polar surface area (TPSA) is 60.7 Å². The lowest BCUT2D eigenvalue weighted by molar-refractivity contribution is -0.174. The summed E-state index contributed by atoms with van der Waals surface area (Å²) in [4.78, 5) is 0. The predicted octanol–water partition coefficient (Wildman–Crippen LogP) is 5.16. The van der Waals surface area contributed by atoms with Gasteiger partial charge < -0.3 is 15.3 Å². The summed E-state index contributed by atoms with van der Waals surface area (Å²) in [5, 5.41) is 31.8. The first-order chi connectivity index (χ1) is 13.5. The highest BCUT2D eigenvalue weighted by Gasteiger charge is 2.62. The Labute approximate surface area is 178 Å². The fraction of sp³-hybridized carbons (Fsp3) is 1.00. The van der Waals surface area contributed by atoms with E-state index >= 15 is 0 Å². The average Bonchev–Trinajstić information content (AvgIpc) is 2.98. The molecule has 0 amide bonds. The van der Waals surface area contributed by atoms with E-state index in [1.54, 1.807) is 0 Å². The molecule has 4 fully saturated rings. The number of fused-ring (bicyclic) bond motifs is 5. The van der Waals surface area contributed by atoms with Crippen LogP contribution in [0.2, 0.25) is 0 Å². The molecule has 3 unspecified atom stereocenters. The number of hydrogen-bond donors (Lipinski definition) is 3. The summed E-state index contributed by atoms with van der Waals surface area (Å²) in [6.07, 6.45) is 10.7. The molecular formula is C26H46O3. The lowest BCUT2D eigenvalue weighted by atomic mass is 9.43. The third-order valence-electron chi connectivity index (χ3n) is 10.6. The second kappa shape index (κ2) is 7.48. The molecule has 10 atom stereocenters. The molecule has 168 valence electrons. The van der Waals surface area contributed by atoms with Gasteiger partial charge >= 0.3 is 0 Å². The van der Waals surface area contributed by atoms with Crippen molar-refractivity contribution in [3.63, 3.8) is 0 Å². The SMILES string of the molecule is C[C@H](CCC(C)(C)O)[C@H]1CCC2[C@H]3C(CC[C@@]21C)[C@@]1(C)CC[C@H](O)CC1C[C@@H]3O. The zero-order valence-electron chi connectivity index (χ0n) is 19.5. The van der Waals surface area contributed by atoms with Gasteiger partial charge in [0.2, 0.25) is 0 Å². The van der Waals surface area contributed by atoms with Gasteiger partial charge in [-0.25, -0.2) is 0 Å². The standard InChI is InChI=1S/C26H46O3/c1-16(8-11-24(2,3)29)19-6-7-20-23-21(10-13-26(19,20)5)25(4)12-9-18(27)14-17(25)15-22(23)28/h16-23,27-29H,6-15H2,1-5H3/t16-,17?,18+,19-,20?,21?,22+,23+,25+,26-/m1/s1. The summed E-state index contributed by atoms with van der Waals surface area (Å²) < 4.78 is 0. The van der Waals surface area contributed by atoms with Gasteiger partial charge in [-0.15, -0.1) is 0 Å². The molecule has 0 spiro atoms. The second-order valence-corrected chi connectivity index (χ2v) is 12.8. The van der Waals surface area contributed by atoms with Gasteiger partial charge in [-0.05, 0) is 124 Å². The molecule has 0 bridgehead atoms. The third kappa shape index (κ3) is 3.72. The van der Waals surface area contributed by atoms with Crippen molar-refractivity contribution in [2.45, 2.75) is 117 Å². The summed E-state index contributed by atoms with van der Waals surface area (Å²) in [6, 6.07) is 0. The van der Waals surface area contributed by atoms with Gasteiger partial charge in [0.15, 0.2) is 0 Å². The van der Waals surface area contributed by atoms with Crippen molar-refractivity contribution in [1.82, 2.24) is 0 Å². The summed E-state index contributed by atoms with van der Waals surface area (Å²) >= 11 is 0. The molecule has 0 heterocycles. The average molecular weight is 407 g/mol. The largest absolute Gasteiger partial charge is 0.393 e. The predicted molar refractivity (Wildman–Crippen MR) is 117 cm³/mol. The maximum Gasteiger partial charge on any atom is 0.0591 e. The van der Waals surface area contributed by atoms with Crippen LogP contribution in [0, 0.1) is 46.3 Å². The van der Waals surface area contributed by atoms with Crippen LogP contribution in [-0.4, -0.2) is 33.1 Å². The number of rotatable bonds is 4. The van der Waals surface area contributed by atoms with E-state index in [0.717, 1.165) is 44.4 Å². The Balaban J connectivity index is 1.53. The molecular weight excluding hydrogens is 360 g/mol. The zero-order valence-corrected chi connectivity index (χ0v) is 19.5. The Bertz CT molecular complexity index is 597. The van der Waals surface area contributed by atoms with E-state index in [-0.39, 0.29) is 12.2 Å². The highest BCUT2D eigenvalue weighted by Crippen LogP contribution is 2.68. The first kappa shape index (κ1) is 22.1. The smallest absolute Gasteiger partial charge is 0.0591 e. The minimum absolute atomic E-state index is 0.154. The highest BCUT2D eigenvalue weighted by atomic mass is 16.3. The molecule has 0 aromatic rings. The molecule has 3 N–H and O–H groups in total. The molecule has 4 aliphatic carbocycles. The summed E-state index contributed by atoms with van der Waals surface area (Å²) in [5.74, 6) is 3.60. The lowest BCUT2D eigenvalue weighted by Crippen LogP contribution is -2.58. The molecule has 0 radical (unpaired) electrons. The van der Waals surface area contributed by atoms with E-state index in [1.165, 1.54) is 25.7 Å². The monoisotopic (exact) mass is 406 g/mol. The Morgan fingerprint density at radius 2 is 1.59 bits per heavy atom. The maximum absolute atomic E-state index is 11.3. The molecule has 0 aromatic carbocycles. The Kier molecular flexibility index (Phi) is 5.70. The van der Waals surface area contributed by atoms with Crippen LogP contribution in [0.1, 0.15) is 98.8 Å². The van der Waals surface area contributed by atoms with E-state index in [9.17, 15) is 15.3 Å². The minimum Gasteiger partial charge on any atom is -0.393 e. The van der Waals surface area contributed by atoms with Gasteiger partial charge in [-0.2, -0.15) is 0 Å². The Morgan fingerprint density at radius 1 is 0.931 bits per heavy atom. The number of aliphatic hydroxyl groups excluding tert-OH is 2. The summed E-state index contributed by atoms with van der Waals surface area (Å²) in [5.41, 5.74) is 0.0904. The Hall–Kier alpha value is -0.120. The molecule has 0 aliphatic heterocycles. The van der Waals surface area contributed by atoms with Crippen molar-refractivity contribution in [3.8, 4) is 0 Å².